The molecule has 0 aromatic rings. The van der Waals surface area contributed by atoms with Crippen molar-refractivity contribution in [2.24, 2.45) is 17.1 Å². The zero-order valence-electron chi connectivity index (χ0n) is 10.2. The van der Waals surface area contributed by atoms with Gasteiger partial charge in [0, 0.05) is 13.1 Å². The molecule has 1 unspecified atom stereocenters. The number of primary amides is 1. The Morgan fingerprint density at radius 1 is 1.50 bits per heavy atom. The average Bonchev–Trinajstić information content (AvgIpc) is 2.63. The first-order valence-corrected chi connectivity index (χ1v) is 6.33. The highest BCUT2D eigenvalue weighted by Crippen LogP contribution is 2.30. The molecule has 4 heteroatoms. The molecule has 16 heavy (non-hydrogen) atoms. The third-order valence-electron chi connectivity index (χ3n) is 4.12. The van der Waals surface area contributed by atoms with Crippen LogP contribution in [0.2, 0.25) is 0 Å². The fourth-order valence-corrected chi connectivity index (χ4v) is 2.84. The van der Waals surface area contributed by atoms with Crippen LogP contribution in [-0.2, 0) is 4.79 Å². The number of carbonyl (C=O) groups excluding carboxylic acids is 1. The molecule has 3 N–H and O–H groups in total. The highest BCUT2D eigenvalue weighted by molar-refractivity contribution is 5.81. The molecule has 4 nitrogen and oxygen atoms in total. The van der Waals surface area contributed by atoms with Crippen LogP contribution >= 0.6 is 0 Å². The van der Waals surface area contributed by atoms with Crippen molar-refractivity contribution in [3.8, 4) is 0 Å². The molecule has 1 atom stereocenters. The van der Waals surface area contributed by atoms with Gasteiger partial charge in [-0.1, -0.05) is 0 Å². The summed E-state index contributed by atoms with van der Waals surface area (Å²) in [6.45, 7) is 7.31. The molecule has 0 bridgehead atoms. The molecule has 0 aliphatic carbocycles. The number of hydrogen-bond donors (Lipinski definition) is 2. The highest BCUT2D eigenvalue weighted by atomic mass is 16.1. The number of carbonyl (C=O) groups is 1. The Morgan fingerprint density at radius 2 is 2.19 bits per heavy atom. The van der Waals surface area contributed by atoms with Gasteiger partial charge in [0.1, 0.15) is 0 Å². The molecule has 0 radical (unpaired) electrons. The van der Waals surface area contributed by atoms with E-state index in [1.807, 2.05) is 6.92 Å². The van der Waals surface area contributed by atoms with E-state index in [-0.39, 0.29) is 11.3 Å². The van der Waals surface area contributed by atoms with Gasteiger partial charge in [-0.05, 0) is 51.7 Å². The van der Waals surface area contributed by atoms with Gasteiger partial charge in [-0.15, -0.1) is 0 Å². The molecule has 0 aromatic heterocycles. The van der Waals surface area contributed by atoms with Crippen LogP contribution < -0.4 is 11.1 Å². The van der Waals surface area contributed by atoms with Crippen LogP contribution in [0.15, 0.2) is 0 Å². The first kappa shape index (κ1) is 11.9. The lowest BCUT2D eigenvalue weighted by molar-refractivity contribution is -0.126. The minimum Gasteiger partial charge on any atom is -0.369 e. The monoisotopic (exact) mass is 225 g/mol. The summed E-state index contributed by atoms with van der Waals surface area (Å²) in [6.07, 6.45) is 3.46. The lowest BCUT2D eigenvalue weighted by Crippen LogP contribution is -2.39. The standard InChI is InChI=1S/C12H23N3O/c1-12(11(13)16)4-7-15(9-12)8-10-2-5-14-6-3-10/h10,14H,2-9H2,1H3,(H2,13,16). The molecular weight excluding hydrogens is 202 g/mol. The van der Waals surface area contributed by atoms with Crippen molar-refractivity contribution >= 4 is 5.91 Å². The topological polar surface area (TPSA) is 58.4 Å². The summed E-state index contributed by atoms with van der Waals surface area (Å²) in [6, 6.07) is 0. The number of rotatable bonds is 3. The van der Waals surface area contributed by atoms with Gasteiger partial charge in [0.25, 0.3) is 0 Å². The number of nitrogens with zero attached hydrogens (tertiary/aromatic N) is 1. The van der Waals surface area contributed by atoms with E-state index in [0.717, 1.165) is 45.1 Å². The number of nitrogens with two attached hydrogens (primary N) is 1. The third kappa shape index (κ3) is 2.55. The van der Waals surface area contributed by atoms with Crippen molar-refractivity contribution in [1.82, 2.24) is 10.2 Å². The van der Waals surface area contributed by atoms with E-state index < -0.39 is 0 Å². The highest BCUT2D eigenvalue weighted by Gasteiger charge is 2.39. The van der Waals surface area contributed by atoms with Crippen molar-refractivity contribution in [3.63, 3.8) is 0 Å². The summed E-state index contributed by atoms with van der Waals surface area (Å²) in [5.74, 6) is 0.664. The SMILES string of the molecule is CC1(C(N)=O)CCN(CC2CCNCC2)C1. The smallest absolute Gasteiger partial charge is 0.224 e. The lowest BCUT2D eigenvalue weighted by atomic mass is 9.89. The molecule has 2 aliphatic heterocycles. The van der Waals surface area contributed by atoms with Crippen LogP contribution in [0.5, 0.6) is 0 Å². The summed E-state index contributed by atoms with van der Waals surface area (Å²) < 4.78 is 0. The van der Waals surface area contributed by atoms with E-state index in [2.05, 4.69) is 10.2 Å². The number of piperidine rings is 1. The van der Waals surface area contributed by atoms with E-state index in [1.54, 1.807) is 0 Å². The molecule has 0 spiro atoms. The number of hydrogen-bond acceptors (Lipinski definition) is 3. The fourth-order valence-electron chi connectivity index (χ4n) is 2.84. The zero-order valence-corrected chi connectivity index (χ0v) is 10.2. The Bertz CT molecular complexity index is 263. The molecule has 1 amide bonds. The van der Waals surface area contributed by atoms with Crippen molar-refractivity contribution in [1.29, 1.82) is 0 Å². The zero-order chi connectivity index (χ0) is 11.6. The molecule has 0 aromatic carbocycles. The van der Waals surface area contributed by atoms with Gasteiger partial charge in [0.15, 0.2) is 0 Å². The van der Waals surface area contributed by atoms with Gasteiger partial charge in [-0.25, -0.2) is 0 Å². The van der Waals surface area contributed by atoms with Crippen LogP contribution in [0.1, 0.15) is 26.2 Å². The van der Waals surface area contributed by atoms with Crippen LogP contribution in [0, 0.1) is 11.3 Å². The van der Waals surface area contributed by atoms with Crippen LogP contribution in [-0.4, -0.2) is 43.5 Å². The quantitative estimate of drug-likeness (QED) is 0.720. The molecular formula is C12H23N3O. The van der Waals surface area contributed by atoms with Crippen molar-refractivity contribution < 1.29 is 4.79 Å². The molecule has 2 heterocycles. The largest absolute Gasteiger partial charge is 0.369 e. The van der Waals surface area contributed by atoms with E-state index in [1.165, 1.54) is 12.8 Å². The van der Waals surface area contributed by atoms with Gasteiger partial charge in [-0.3, -0.25) is 4.79 Å². The van der Waals surface area contributed by atoms with Gasteiger partial charge >= 0.3 is 0 Å². The molecule has 0 saturated carbocycles. The van der Waals surface area contributed by atoms with Crippen LogP contribution in [0.3, 0.4) is 0 Å². The lowest BCUT2D eigenvalue weighted by Gasteiger charge is -2.28. The summed E-state index contributed by atoms with van der Waals surface area (Å²) in [5, 5.41) is 3.38. The Morgan fingerprint density at radius 3 is 2.75 bits per heavy atom. The van der Waals surface area contributed by atoms with Crippen LogP contribution in [0.25, 0.3) is 0 Å². The van der Waals surface area contributed by atoms with Gasteiger partial charge in [0.2, 0.25) is 5.91 Å². The Hall–Kier alpha value is -0.610. The van der Waals surface area contributed by atoms with Crippen molar-refractivity contribution in [3.05, 3.63) is 0 Å². The minimum absolute atomic E-state index is 0.139. The van der Waals surface area contributed by atoms with Gasteiger partial charge in [-0.2, -0.15) is 0 Å². The molecule has 2 rings (SSSR count). The maximum Gasteiger partial charge on any atom is 0.224 e. The minimum atomic E-state index is -0.285. The summed E-state index contributed by atoms with van der Waals surface area (Å²) in [4.78, 5) is 13.8. The number of nitrogens with one attached hydrogen (secondary N) is 1. The van der Waals surface area contributed by atoms with Crippen molar-refractivity contribution in [2.75, 3.05) is 32.7 Å². The first-order chi connectivity index (χ1) is 7.60. The van der Waals surface area contributed by atoms with E-state index >= 15 is 0 Å². The predicted molar refractivity (Wildman–Crippen MR) is 64.0 cm³/mol. The summed E-state index contributed by atoms with van der Waals surface area (Å²) >= 11 is 0. The number of likely N-dealkylation sites (tertiary alicyclic amines) is 1. The fraction of sp³-hybridized carbons (Fsp3) is 0.917. The Kier molecular flexibility index (Phi) is 3.50. The maximum absolute atomic E-state index is 11.3. The molecule has 2 fully saturated rings. The second-order valence-corrected chi connectivity index (χ2v) is 5.60. The molecule has 2 aliphatic rings. The summed E-state index contributed by atoms with van der Waals surface area (Å²) in [7, 11) is 0. The van der Waals surface area contributed by atoms with E-state index in [4.69, 9.17) is 5.73 Å². The maximum atomic E-state index is 11.3. The summed E-state index contributed by atoms with van der Waals surface area (Å²) in [5.41, 5.74) is 5.17. The van der Waals surface area contributed by atoms with E-state index in [9.17, 15) is 4.79 Å². The predicted octanol–water partition coefficient (Wildman–Crippen LogP) is 0.183. The molecule has 2 saturated heterocycles. The Balaban J connectivity index is 1.82. The average molecular weight is 225 g/mol. The molecule has 92 valence electrons. The van der Waals surface area contributed by atoms with Gasteiger partial charge in [0.05, 0.1) is 5.41 Å². The normalized spacial score (nSPS) is 33.1. The van der Waals surface area contributed by atoms with Gasteiger partial charge < -0.3 is 16.0 Å². The Labute approximate surface area is 97.6 Å². The second kappa shape index (κ2) is 4.72. The number of amides is 1. The van der Waals surface area contributed by atoms with E-state index in [0.29, 0.717) is 0 Å². The van der Waals surface area contributed by atoms with Crippen molar-refractivity contribution in [2.45, 2.75) is 26.2 Å². The first-order valence-electron chi connectivity index (χ1n) is 6.33. The third-order valence-corrected chi connectivity index (χ3v) is 4.12. The second-order valence-electron chi connectivity index (χ2n) is 5.60. The van der Waals surface area contributed by atoms with Crippen LogP contribution in [0.4, 0.5) is 0 Å².